The summed E-state index contributed by atoms with van der Waals surface area (Å²) in [6.45, 7) is 1.62. The van der Waals surface area contributed by atoms with Gasteiger partial charge in [-0.2, -0.15) is 0 Å². The summed E-state index contributed by atoms with van der Waals surface area (Å²) in [6.07, 6.45) is 0. The molecule has 0 fully saturated rings. The highest BCUT2D eigenvalue weighted by atomic mass is 16.5. The highest BCUT2D eigenvalue weighted by Gasteiger charge is 2.05. The molecule has 0 radical (unpaired) electrons. The zero-order valence-electron chi connectivity index (χ0n) is 8.13. The number of Topliss-reactive ketones (excluding diaryl/α,β-unsaturated/α-hetero) is 1. The molecule has 0 aliphatic carbocycles. The summed E-state index contributed by atoms with van der Waals surface area (Å²) >= 11 is 0. The number of ether oxygens (including phenoxy) is 1. The molecule has 0 aliphatic heterocycles. The molecule has 0 atom stereocenters. The SMILES string of the molecule is CC#CC(=O)c1ccc(N)c(OC)c1. The Morgan fingerprint density at radius 3 is 2.79 bits per heavy atom. The zero-order chi connectivity index (χ0) is 10.6. The van der Waals surface area contributed by atoms with E-state index in [4.69, 9.17) is 10.5 Å². The molecule has 0 aliphatic rings. The number of nitrogens with two attached hydrogens (primary N) is 1. The predicted octanol–water partition coefficient (Wildman–Crippen LogP) is 1.48. The van der Waals surface area contributed by atoms with E-state index in [2.05, 4.69) is 11.8 Å². The third-order valence-electron chi connectivity index (χ3n) is 1.73. The molecule has 1 aromatic rings. The van der Waals surface area contributed by atoms with Crippen LogP contribution in [-0.4, -0.2) is 12.9 Å². The van der Waals surface area contributed by atoms with E-state index in [1.165, 1.54) is 7.11 Å². The van der Waals surface area contributed by atoms with Gasteiger partial charge in [0.15, 0.2) is 0 Å². The van der Waals surface area contributed by atoms with Gasteiger partial charge < -0.3 is 10.5 Å². The van der Waals surface area contributed by atoms with Crippen LogP contribution in [-0.2, 0) is 0 Å². The summed E-state index contributed by atoms with van der Waals surface area (Å²) < 4.78 is 4.99. The van der Waals surface area contributed by atoms with Gasteiger partial charge in [0.05, 0.1) is 12.8 Å². The third kappa shape index (κ3) is 2.05. The van der Waals surface area contributed by atoms with Crippen LogP contribution in [0, 0.1) is 11.8 Å². The Bertz CT molecular complexity index is 413. The summed E-state index contributed by atoms with van der Waals surface area (Å²) in [4.78, 5) is 11.4. The van der Waals surface area contributed by atoms with Crippen LogP contribution in [0.25, 0.3) is 0 Å². The molecule has 14 heavy (non-hydrogen) atoms. The van der Waals surface area contributed by atoms with E-state index >= 15 is 0 Å². The van der Waals surface area contributed by atoms with E-state index in [1.807, 2.05) is 0 Å². The van der Waals surface area contributed by atoms with Crippen molar-refractivity contribution in [3.8, 4) is 17.6 Å². The van der Waals surface area contributed by atoms with Crippen LogP contribution in [0.4, 0.5) is 5.69 Å². The van der Waals surface area contributed by atoms with Crippen LogP contribution in [0.1, 0.15) is 17.3 Å². The molecule has 1 rings (SSSR count). The summed E-state index contributed by atoms with van der Waals surface area (Å²) in [5.74, 6) is 5.26. The molecule has 0 unspecified atom stereocenters. The number of carbonyl (C=O) groups excluding carboxylic acids is 1. The third-order valence-corrected chi connectivity index (χ3v) is 1.73. The lowest BCUT2D eigenvalue weighted by Gasteiger charge is -2.04. The number of nitrogen functional groups attached to an aromatic ring is 1. The molecule has 1 aromatic carbocycles. The van der Waals surface area contributed by atoms with Crippen LogP contribution in [0.15, 0.2) is 18.2 Å². The van der Waals surface area contributed by atoms with Gasteiger partial charge in [-0.1, -0.05) is 5.92 Å². The van der Waals surface area contributed by atoms with Crippen molar-refractivity contribution < 1.29 is 9.53 Å². The van der Waals surface area contributed by atoms with Crippen LogP contribution in [0.3, 0.4) is 0 Å². The number of rotatable bonds is 2. The van der Waals surface area contributed by atoms with Gasteiger partial charge in [0.2, 0.25) is 5.78 Å². The largest absolute Gasteiger partial charge is 0.495 e. The highest BCUT2D eigenvalue weighted by molar-refractivity contribution is 6.09. The van der Waals surface area contributed by atoms with Gasteiger partial charge in [0.25, 0.3) is 0 Å². The number of anilines is 1. The van der Waals surface area contributed by atoms with E-state index in [-0.39, 0.29) is 5.78 Å². The maximum absolute atomic E-state index is 11.4. The van der Waals surface area contributed by atoms with E-state index in [0.717, 1.165) is 0 Å². The molecule has 0 spiro atoms. The van der Waals surface area contributed by atoms with Gasteiger partial charge in [-0.3, -0.25) is 4.79 Å². The molecular formula is C11H11NO2. The van der Waals surface area contributed by atoms with Crippen molar-refractivity contribution in [3.05, 3.63) is 23.8 Å². The van der Waals surface area contributed by atoms with Crippen LogP contribution < -0.4 is 10.5 Å². The molecule has 3 heteroatoms. The average Bonchev–Trinajstić information content (AvgIpc) is 2.19. The van der Waals surface area contributed by atoms with Crippen LogP contribution in [0.5, 0.6) is 5.75 Å². The fourth-order valence-corrected chi connectivity index (χ4v) is 1.04. The van der Waals surface area contributed by atoms with Crippen molar-refractivity contribution >= 4 is 11.5 Å². The minimum Gasteiger partial charge on any atom is -0.495 e. The van der Waals surface area contributed by atoms with Gasteiger partial charge in [-0.15, -0.1) is 0 Å². The number of methoxy groups -OCH3 is 1. The standard InChI is InChI=1S/C11H11NO2/c1-3-4-10(13)8-5-6-9(12)11(7-8)14-2/h5-7H,12H2,1-2H3. The first-order chi connectivity index (χ1) is 6.69. The summed E-state index contributed by atoms with van der Waals surface area (Å²) in [6, 6.07) is 4.84. The molecule has 0 saturated carbocycles. The maximum Gasteiger partial charge on any atom is 0.236 e. The predicted molar refractivity (Wildman–Crippen MR) is 55.2 cm³/mol. The number of carbonyl (C=O) groups is 1. The van der Waals surface area contributed by atoms with Gasteiger partial charge in [0, 0.05) is 5.56 Å². The maximum atomic E-state index is 11.4. The lowest BCUT2D eigenvalue weighted by atomic mass is 10.1. The van der Waals surface area contributed by atoms with Crippen molar-refractivity contribution in [2.24, 2.45) is 0 Å². The molecule has 2 N–H and O–H groups in total. The fraction of sp³-hybridized carbons (Fsp3) is 0.182. The zero-order valence-corrected chi connectivity index (χ0v) is 8.13. The molecule has 0 heterocycles. The monoisotopic (exact) mass is 189 g/mol. The van der Waals surface area contributed by atoms with Crippen LogP contribution >= 0.6 is 0 Å². The van der Waals surface area contributed by atoms with Crippen molar-refractivity contribution in [1.29, 1.82) is 0 Å². The number of benzene rings is 1. The first kappa shape index (κ1) is 10.1. The average molecular weight is 189 g/mol. The van der Waals surface area contributed by atoms with Crippen molar-refractivity contribution in [2.75, 3.05) is 12.8 Å². The normalized spacial score (nSPS) is 8.71. The Morgan fingerprint density at radius 2 is 2.21 bits per heavy atom. The summed E-state index contributed by atoms with van der Waals surface area (Å²) in [5.41, 5.74) is 6.60. The molecule has 0 bridgehead atoms. The molecule has 3 nitrogen and oxygen atoms in total. The second-order valence-corrected chi connectivity index (χ2v) is 2.66. The topological polar surface area (TPSA) is 52.3 Å². The number of hydrogen-bond donors (Lipinski definition) is 1. The summed E-state index contributed by atoms with van der Waals surface area (Å²) in [5, 5.41) is 0. The first-order valence-electron chi connectivity index (χ1n) is 4.09. The van der Waals surface area contributed by atoms with Crippen molar-refractivity contribution in [1.82, 2.24) is 0 Å². The Balaban J connectivity index is 3.10. The number of ketones is 1. The minimum absolute atomic E-state index is 0.231. The molecular weight excluding hydrogens is 178 g/mol. The quantitative estimate of drug-likeness (QED) is 0.332. The van der Waals surface area contributed by atoms with Gasteiger partial charge in [-0.25, -0.2) is 0 Å². The Kier molecular flexibility index (Phi) is 3.14. The molecule has 0 aromatic heterocycles. The van der Waals surface area contributed by atoms with Gasteiger partial charge in [-0.05, 0) is 31.0 Å². The van der Waals surface area contributed by atoms with E-state index in [9.17, 15) is 4.79 Å². The molecule has 0 saturated heterocycles. The van der Waals surface area contributed by atoms with E-state index < -0.39 is 0 Å². The van der Waals surface area contributed by atoms with Crippen molar-refractivity contribution in [3.63, 3.8) is 0 Å². The second-order valence-electron chi connectivity index (χ2n) is 2.66. The second kappa shape index (κ2) is 4.33. The van der Waals surface area contributed by atoms with E-state index in [1.54, 1.807) is 25.1 Å². The van der Waals surface area contributed by atoms with Crippen molar-refractivity contribution in [2.45, 2.75) is 6.92 Å². The number of hydrogen-bond acceptors (Lipinski definition) is 3. The minimum atomic E-state index is -0.231. The van der Waals surface area contributed by atoms with Crippen LogP contribution in [0.2, 0.25) is 0 Å². The Labute approximate surface area is 82.9 Å². The summed E-state index contributed by atoms with van der Waals surface area (Å²) in [7, 11) is 1.51. The van der Waals surface area contributed by atoms with Gasteiger partial charge in [0.1, 0.15) is 5.75 Å². The lowest BCUT2D eigenvalue weighted by molar-refractivity contribution is 0.105. The Hall–Kier alpha value is -1.95. The molecule has 72 valence electrons. The Morgan fingerprint density at radius 1 is 1.50 bits per heavy atom. The smallest absolute Gasteiger partial charge is 0.236 e. The molecule has 0 amide bonds. The van der Waals surface area contributed by atoms with Gasteiger partial charge >= 0.3 is 0 Å². The van der Waals surface area contributed by atoms with E-state index in [0.29, 0.717) is 17.0 Å². The highest BCUT2D eigenvalue weighted by Crippen LogP contribution is 2.22. The fourth-order valence-electron chi connectivity index (χ4n) is 1.04. The first-order valence-corrected chi connectivity index (χ1v) is 4.09. The lowest BCUT2D eigenvalue weighted by Crippen LogP contribution is -1.98.